The molecule has 0 aliphatic carbocycles. The maximum absolute atomic E-state index is 12.8. The van der Waals surface area contributed by atoms with Crippen molar-refractivity contribution in [2.45, 2.75) is 44.6 Å². The Morgan fingerprint density at radius 1 is 1.29 bits per heavy atom. The SMILES string of the molecule is CC1(C)CCCN(S(=O)(=O)c2ccc(CN)cc2Cl)CC1. The maximum Gasteiger partial charge on any atom is 0.244 e. The molecule has 1 heterocycles. The van der Waals surface area contributed by atoms with E-state index in [1.807, 2.05) is 0 Å². The molecule has 0 atom stereocenters. The number of sulfonamides is 1. The topological polar surface area (TPSA) is 63.4 Å². The third-order valence-electron chi connectivity index (χ3n) is 4.15. The molecule has 118 valence electrons. The second kappa shape index (κ2) is 6.24. The van der Waals surface area contributed by atoms with Crippen LogP contribution in [0.4, 0.5) is 0 Å². The van der Waals surface area contributed by atoms with Gasteiger partial charge >= 0.3 is 0 Å². The molecule has 0 aromatic heterocycles. The third-order valence-corrected chi connectivity index (χ3v) is 6.53. The zero-order valence-electron chi connectivity index (χ0n) is 12.6. The van der Waals surface area contributed by atoms with E-state index in [-0.39, 0.29) is 15.3 Å². The molecule has 1 aromatic rings. The van der Waals surface area contributed by atoms with Crippen LogP contribution >= 0.6 is 11.6 Å². The van der Waals surface area contributed by atoms with Crippen LogP contribution in [0.2, 0.25) is 5.02 Å². The molecule has 6 heteroatoms. The maximum atomic E-state index is 12.8. The number of nitrogens with two attached hydrogens (primary N) is 1. The van der Waals surface area contributed by atoms with Crippen molar-refractivity contribution in [1.29, 1.82) is 0 Å². The van der Waals surface area contributed by atoms with E-state index in [2.05, 4.69) is 13.8 Å². The van der Waals surface area contributed by atoms with Crippen LogP contribution in [0.25, 0.3) is 0 Å². The zero-order valence-corrected chi connectivity index (χ0v) is 14.2. The molecule has 1 saturated heterocycles. The molecule has 0 radical (unpaired) electrons. The van der Waals surface area contributed by atoms with Gasteiger partial charge in [-0.3, -0.25) is 0 Å². The second-order valence-electron chi connectivity index (χ2n) is 6.39. The van der Waals surface area contributed by atoms with Crippen LogP contribution in [-0.2, 0) is 16.6 Å². The summed E-state index contributed by atoms with van der Waals surface area (Å²) in [4.78, 5) is 0.182. The minimum absolute atomic E-state index is 0.182. The van der Waals surface area contributed by atoms with E-state index in [9.17, 15) is 8.42 Å². The second-order valence-corrected chi connectivity index (χ2v) is 8.70. The Kier molecular flexibility index (Phi) is 4.98. The summed E-state index contributed by atoms with van der Waals surface area (Å²) in [5.74, 6) is 0. The van der Waals surface area contributed by atoms with Crippen molar-refractivity contribution >= 4 is 21.6 Å². The summed E-state index contributed by atoms with van der Waals surface area (Å²) in [5, 5.41) is 0.251. The number of hydrogen-bond acceptors (Lipinski definition) is 3. The van der Waals surface area contributed by atoms with Crippen LogP contribution in [0.3, 0.4) is 0 Å². The highest BCUT2D eigenvalue weighted by Gasteiger charge is 2.31. The molecule has 0 spiro atoms. The Balaban J connectivity index is 2.29. The van der Waals surface area contributed by atoms with E-state index in [1.54, 1.807) is 22.5 Å². The molecule has 21 heavy (non-hydrogen) atoms. The average molecular weight is 331 g/mol. The van der Waals surface area contributed by atoms with Gasteiger partial charge in [0.15, 0.2) is 0 Å². The number of hydrogen-bond donors (Lipinski definition) is 1. The van der Waals surface area contributed by atoms with Crippen molar-refractivity contribution in [2.75, 3.05) is 13.1 Å². The van der Waals surface area contributed by atoms with Crippen LogP contribution < -0.4 is 5.73 Å². The molecule has 1 aliphatic heterocycles. The number of nitrogens with zero attached hydrogens (tertiary/aromatic N) is 1. The summed E-state index contributed by atoms with van der Waals surface area (Å²) in [7, 11) is -3.53. The van der Waals surface area contributed by atoms with Gasteiger partial charge in [0, 0.05) is 19.6 Å². The number of benzene rings is 1. The summed E-state index contributed by atoms with van der Waals surface area (Å²) >= 11 is 6.15. The van der Waals surface area contributed by atoms with E-state index in [4.69, 9.17) is 17.3 Å². The van der Waals surface area contributed by atoms with Crippen molar-refractivity contribution in [3.8, 4) is 0 Å². The Hall–Kier alpha value is -0.620. The molecular weight excluding hydrogens is 308 g/mol. The van der Waals surface area contributed by atoms with Crippen LogP contribution in [0, 0.1) is 5.41 Å². The lowest BCUT2D eigenvalue weighted by Crippen LogP contribution is -2.32. The molecular formula is C15H23ClN2O2S. The Morgan fingerprint density at radius 2 is 2.00 bits per heavy atom. The lowest BCUT2D eigenvalue weighted by atomic mass is 9.85. The molecule has 1 fully saturated rings. The standard InChI is InChI=1S/C15H23ClN2O2S/c1-15(2)6-3-8-18(9-7-15)21(19,20)14-5-4-12(11-17)10-13(14)16/h4-5,10H,3,6-9,11,17H2,1-2H3. The molecule has 0 unspecified atom stereocenters. The van der Waals surface area contributed by atoms with Crippen LogP contribution in [0.1, 0.15) is 38.7 Å². The van der Waals surface area contributed by atoms with E-state index < -0.39 is 10.0 Å². The van der Waals surface area contributed by atoms with Gasteiger partial charge in [-0.15, -0.1) is 0 Å². The fourth-order valence-corrected chi connectivity index (χ4v) is 4.68. The van der Waals surface area contributed by atoms with E-state index in [0.717, 1.165) is 24.8 Å². The fourth-order valence-electron chi connectivity index (χ4n) is 2.66. The smallest absolute Gasteiger partial charge is 0.244 e. The molecule has 1 aliphatic rings. The van der Waals surface area contributed by atoms with Gasteiger partial charge in [-0.2, -0.15) is 4.31 Å². The first-order valence-electron chi connectivity index (χ1n) is 7.25. The summed E-state index contributed by atoms with van der Waals surface area (Å²) in [5.41, 5.74) is 6.57. The minimum Gasteiger partial charge on any atom is -0.326 e. The molecule has 1 aromatic carbocycles. The van der Waals surface area contributed by atoms with E-state index >= 15 is 0 Å². The largest absolute Gasteiger partial charge is 0.326 e. The molecule has 0 saturated carbocycles. The number of rotatable bonds is 3. The monoisotopic (exact) mass is 330 g/mol. The quantitative estimate of drug-likeness (QED) is 0.926. The average Bonchev–Trinajstić information content (AvgIpc) is 2.59. The van der Waals surface area contributed by atoms with Crippen LogP contribution in [0.5, 0.6) is 0 Å². The summed E-state index contributed by atoms with van der Waals surface area (Å²) in [6.45, 7) is 5.82. The molecule has 2 rings (SSSR count). The highest BCUT2D eigenvalue weighted by atomic mass is 35.5. The predicted octanol–water partition coefficient (Wildman–Crippen LogP) is 3.00. The predicted molar refractivity (Wildman–Crippen MR) is 85.7 cm³/mol. The Morgan fingerprint density at radius 3 is 2.62 bits per heavy atom. The van der Waals surface area contributed by atoms with E-state index in [1.165, 1.54) is 0 Å². The molecule has 0 amide bonds. The van der Waals surface area contributed by atoms with Gasteiger partial charge in [-0.05, 0) is 42.4 Å². The minimum atomic E-state index is -3.53. The van der Waals surface area contributed by atoms with Crippen LogP contribution in [0.15, 0.2) is 23.1 Å². The first-order chi connectivity index (χ1) is 9.76. The highest BCUT2D eigenvalue weighted by molar-refractivity contribution is 7.89. The van der Waals surface area contributed by atoms with Crippen molar-refractivity contribution in [3.63, 3.8) is 0 Å². The molecule has 0 bridgehead atoms. The summed E-state index contributed by atoms with van der Waals surface area (Å²) in [6.07, 6.45) is 2.79. The van der Waals surface area contributed by atoms with Crippen molar-refractivity contribution in [2.24, 2.45) is 11.1 Å². The van der Waals surface area contributed by atoms with Gasteiger partial charge in [-0.25, -0.2) is 8.42 Å². The van der Waals surface area contributed by atoms with E-state index in [0.29, 0.717) is 19.6 Å². The lowest BCUT2D eigenvalue weighted by Gasteiger charge is -2.23. The highest BCUT2D eigenvalue weighted by Crippen LogP contribution is 2.33. The normalized spacial score (nSPS) is 20.2. The lowest BCUT2D eigenvalue weighted by molar-refractivity contribution is 0.315. The van der Waals surface area contributed by atoms with Gasteiger partial charge in [0.25, 0.3) is 0 Å². The number of halogens is 1. The summed E-state index contributed by atoms with van der Waals surface area (Å²) < 4.78 is 27.1. The first kappa shape index (κ1) is 16.7. The zero-order chi connectivity index (χ0) is 15.7. The summed E-state index contributed by atoms with van der Waals surface area (Å²) in [6, 6.07) is 4.92. The van der Waals surface area contributed by atoms with Gasteiger partial charge in [0.05, 0.1) is 5.02 Å². The molecule has 4 nitrogen and oxygen atoms in total. The Labute approximate surface area is 132 Å². The first-order valence-corrected chi connectivity index (χ1v) is 9.07. The van der Waals surface area contributed by atoms with Gasteiger partial charge in [-0.1, -0.05) is 31.5 Å². The van der Waals surface area contributed by atoms with Gasteiger partial charge < -0.3 is 5.73 Å². The third kappa shape index (κ3) is 3.77. The van der Waals surface area contributed by atoms with Gasteiger partial charge in [0.1, 0.15) is 4.90 Å². The molecule has 2 N–H and O–H groups in total. The van der Waals surface area contributed by atoms with Gasteiger partial charge in [0.2, 0.25) is 10.0 Å². The van der Waals surface area contributed by atoms with Crippen molar-refractivity contribution in [1.82, 2.24) is 4.31 Å². The van der Waals surface area contributed by atoms with Crippen molar-refractivity contribution < 1.29 is 8.42 Å². The van der Waals surface area contributed by atoms with Crippen molar-refractivity contribution in [3.05, 3.63) is 28.8 Å². The fraction of sp³-hybridized carbons (Fsp3) is 0.600. The van der Waals surface area contributed by atoms with Crippen LogP contribution in [-0.4, -0.2) is 25.8 Å². The Bertz CT molecular complexity index is 614.